The molecule has 4 aromatic heterocycles. The maximum atomic E-state index is 13.6. The monoisotopic (exact) mass is 850 g/mol. The maximum Gasteiger partial charge on any atom is 0.472 e. The van der Waals surface area contributed by atoms with E-state index in [-0.39, 0.29) is 47.3 Å². The molecule has 5 unspecified atom stereocenters. The number of H-pyrrole nitrogens is 2. The van der Waals surface area contributed by atoms with Gasteiger partial charge in [-0.2, -0.15) is 9.97 Å². The van der Waals surface area contributed by atoms with Gasteiger partial charge in [-0.3, -0.25) is 55.8 Å². The Kier molecular flexibility index (Phi) is 11.1. The summed E-state index contributed by atoms with van der Waals surface area (Å²) in [4.78, 5) is 77.9. The van der Waals surface area contributed by atoms with Crippen LogP contribution in [0.4, 0.5) is 11.9 Å². The number of anilines is 2. The van der Waals surface area contributed by atoms with Gasteiger partial charge in [0.1, 0.15) is 36.6 Å². The van der Waals surface area contributed by atoms with E-state index in [1.807, 2.05) is 0 Å². The third kappa shape index (κ3) is 8.23. The molecule has 10 N–H and O–H groups in total. The highest BCUT2D eigenvalue weighted by Gasteiger charge is 2.56. The van der Waals surface area contributed by atoms with Crippen LogP contribution in [0, 0.1) is 12.3 Å². The SMILES string of the molecule is C#CCCCCOP(=O)(O)O[C@H]1C2OP(=O)(O)OC[C@H]3O[C@@H](n4cnc5c(=O)[nH]c(N)nc54)C(O)[C@H]3OP(=O)(O)OC[C@H]2O[C@H]1n1cnc2c(=O)[nH]c(N)nc21. The molecule has 0 aliphatic carbocycles. The number of aromatic amines is 2. The summed E-state index contributed by atoms with van der Waals surface area (Å²) < 4.78 is 85.9. The lowest BCUT2D eigenvalue weighted by Gasteiger charge is -2.29. The van der Waals surface area contributed by atoms with Crippen LogP contribution in [-0.2, 0) is 50.3 Å². The van der Waals surface area contributed by atoms with Crippen molar-refractivity contribution in [2.75, 3.05) is 31.3 Å². The van der Waals surface area contributed by atoms with E-state index in [4.69, 9.17) is 54.5 Å². The highest BCUT2D eigenvalue weighted by Crippen LogP contribution is 2.56. The van der Waals surface area contributed by atoms with E-state index < -0.39 is 96.9 Å². The van der Waals surface area contributed by atoms with E-state index >= 15 is 0 Å². The van der Waals surface area contributed by atoms with Gasteiger partial charge in [-0.1, -0.05) is 0 Å². The average Bonchev–Trinajstić information content (AvgIpc) is 3.87. The summed E-state index contributed by atoms with van der Waals surface area (Å²) in [5.41, 5.74) is 9.00. The average molecular weight is 851 g/mol. The number of nitrogens with one attached hydrogen (secondary N) is 2. The number of phosphoric ester groups is 3. The number of rotatable bonds is 9. The molecule has 304 valence electrons. The number of hydrogen-bond acceptors (Lipinski definition) is 20. The zero-order valence-electron chi connectivity index (χ0n) is 28.4. The largest absolute Gasteiger partial charge is 0.472 e. The fourth-order valence-electron chi connectivity index (χ4n) is 6.17. The minimum Gasteiger partial charge on any atom is -0.386 e. The van der Waals surface area contributed by atoms with E-state index in [0.717, 1.165) is 21.8 Å². The standard InChI is InChI=1S/C26H33N10O17P3/c1-2-3-4-5-6-46-54(40,41)53-18-17-12(50-24(18)36-10-30-14-20(36)32-26(28)34-22(14)39)8-48-55(42,43)51-16-11(7-47-56(44,45)52-17)49-23(15(16)37)35-9-29-13-19(35)31-25(27)33-21(13)38/h1,9-12,15-18,23-24,37H,3-8H2,(H,40,41)(H,42,43)(H,44,45)(H3,27,31,33,38)(H3,28,32,34,39)/t11-,12-,15?,16+,17?,18+,23-,24-/m1/s1. The van der Waals surface area contributed by atoms with E-state index in [9.17, 15) is 43.1 Å². The molecule has 0 aromatic carbocycles. The van der Waals surface area contributed by atoms with Crippen LogP contribution in [0.15, 0.2) is 22.2 Å². The van der Waals surface area contributed by atoms with Crippen LogP contribution < -0.4 is 22.6 Å². The number of hydrogen-bond donors (Lipinski definition) is 8. The summed E-state index contributed by atoms with van der Waals surface area (Å²) in [6, 6.07) is 0. The van der Waals surface area contributed by atoms with Crippen molar-refractivity contribution in [1.29, 1.82) is 0 Å². The van der Waals surface area contributed by atoms with Gasteiger partial charge in [0, 0.05) is 6.42 Å². The van der Waals surface area contributed by atoms with Crippen LogP contribution in [0.5, 0.6) is 0 Å². The van der Waals surface area contributed by atoms with Crippen LogP contribution in [-0.4, -0.2) is 115 Å². The Balaban J connectivity index is 1.21. The number of imidazole rings is 2. The van der Waals surface area contributed by atoms with Gasteiger partial charge in [0.05, 0.1) is 32.5 Å². The number of terminal acetylenes is 1. The first-order valence-corrected chi connectivity index (χ1v) is 20.8. The fraction of sp³-hybridized carbons (Fsp3) is 0.538. The molecule has 11 atom stereocenters. The summed E-state index contributed by atoms with van der Waals surface area (Å²) in [5, 5.41) is 11.3. The molecule has 0 saturated carbocycles. The molecule has 0 bridgehead atoms. The van der Waals surface area contributed by atoms with Gasteiger partial charge in [-0.05, 0) is 12.8 Å². The minimum absolute atomic E-state index is 0.162. The normalized spacial score (nSPS) is 33.6. The van der Waals surface area contributed by atoms with Crippen LogP contribution in [0.1, 0.15) is 31.7 Å². The van der Waals surface area contributed by atoms with Crippen LogP contribution in [0.25, 0.3) is 22.3 Å². The summed E-state index contributed by atoms with van der Waals surface area (Å²) >= 11 is 0. The van der Waals surface area contributed by atoms with Gasteiger partial charge in [0.25, 0.3) is 11.1 Å². The van der Waals surface area contributed by atoms with E-state index in [2.05, 4.69) is 35.8 Å². The molecular weight excluding hydrogens is 817 g/mol. The first-order chi connectivity index (χ1) is 26.5. The number of aromatic nitrogens is 8. The van der Waals surface area contributed by atoms with Gasteiger partial charge < -0.3 is 40.7 Å². The Morgan fingerprint density at radius 1 is 0.911 bits per heavy atom. The zero-order valence-corrected chi connectivity index (χ0v) is 31.1. The number of aliphatic hydroxyl groups is 1. The molecule has 27 nitrogen and oxygen atoms in total. The second-order valence-electron chi connectivity index (χ2n) is 12.4. The number of nitrogens with two attached hydrogens (primary N) is 2. The highest BCUT2D eigenvalue weighted by atomic mass is 31.2. The van der Waals surface area contributed by atoms with Crippen molar-refractivity contribution in [3.05, 3.63) is 33.4 Å². The third-order valence-corrected chi connectivity index (χ3v) is 11.6. The Bertz CT molecular complexity index is 2430. The van der Waals surface area contributed by atoms with Gasteiger partial charge >= 0.3 is 23.5 Å². The predicted molar refractivity (Wildman–Crippen MR) is 184 cm³/mol. The lowest BCUT2D eigenvalue weighted by atomic mass is 10.1. The van der Waals surface area contributed by atoms with Crippen molar-refractivity contribution in [3.8, 4) is 12.3 Å². The fourth-order valence-corrected chi connectivity index (χ4v) is 9.05. The molecule has 3 aliphatic rings. The van der Waals surface area contributed by atoms with Gasteiger partial charge in [-0.15, -0.1) is 12.3 Å². The van der Waals surface area contributed by atoms with E-state index in [0.29, 0.717) is 12.8 Å². The molecular formula is C26H33N10O17P3. The quantitative estimate of drug-likeness (QED) is 0.0562. The molecule has 3 fully saturated rings. The molecule has 7 rings (SSSR count). The number of unbranched alkanes of at least 4 members (excludes halogenated alkanes) is 2. The smallest absolute Gasteiger partial charge is 0.386 e. The Morgan fingerprint density at radius 3 is 2.00 bits per heavy atom. The number of ether oxygens (including phenoxy) is 2. The van der Waals surface area contributed by atoms with Gasteiger partial charge in [0.2, 0.25) is 11.9 Å². The first-order valence-electron chi connectivity index (χ1n) is 16.3. The predicted octanol–water partition coefficient (Wildman–Crippen LogP) is -1.10. The topological polar surface area (TPSA) is 385 Å². The molecule has 3 saturated heterocycles. The summed E-state index contributed by atoms with van der Waals surface area (Å²) in [5.74, 6) is 1.73. The summed E-state index contributed by atoms with van der Waals surface area (Å²) in [6.07, 6.45) is -5.89. The van der Waals surface area contributed by atoms with Crippen molar-refractivity contribution in [2.45, 2.75) is 68.3 Å². The highest BCUT2D eigenvalue weighted by molar-refractivity contribution is 7.48. The lowest BCUT2D eigenvalue weighted by Crippen LogP contribution is -2.39. The molecule has 7 heterocycles. The van der Waals surface area contributed by atoms with E-state index in [1.165, 1.54) is 0 Å². The van der Waals surface area contributed by atoms with Crippen molar-refractivity contribution in [2.24, 2.45) is 0 Å². The Hall–Kier alpha value is -3.93. The summed E-state index contributed by atoms with van der Waals surface area (Å²) in [7, 11) is -15.7. The number of phosphoric acid groups is 3. The molecule has 4 aromatic rings. The van der Waals surface area contributed by atoms with Crippen LogP contribution in [0.2, 0.25) is 0 Å². The van der Waals surface area contributed by atoms with Crippen LogP contribution in [0.3, 0.4) is 0 Å². The third-order valence-electron chi connectivity index (χ3n) is 8.58. The molecule has 0 spiro atoms. The molecule has 0 radical (unpaired) electrons. The van der Waals surface area contributed by atoms with Crippen LogP contribution >= 0.6 is 23.5 Å². The molecule has 3 aliphatic heterocycles. The second-order valence-corrected chi connectivity index (χ2v) is 16.6. The van der Waals surface area contributed by atoms with Crippen molar-refractivity contribution < 1.29 is 70.1 Å². The minimum atomic E-state index is -5.35. The second kappa shape index (κ2) is 15.4. The van der Waals surface area contributed by atoms with Crippen molar-refractivity contribution >= 4 is 57.7 Å². The summed E-state index contributed by atoms with van der Waals surface area (Å²) in [6.45, 7) is -2.31. The number of aliphatic hydroxyl groups excluding tert-OH is 1. The molecule has 0 amide bonds. The van der Waals surface area contributed by atoms with Crippen molar-refractivity contribution in [3.63, 3.8) is 0 Å². The molecule has 56 heavy (non-hydrogen) atoms. The van der Waals surface area contributed by atoms with E-state index in [1.54, 1.807) is 0 Å². The lowest BCUT2D eigenvalue weighted by molar-refractivity contribution is -0.0663. The Labute approximate surface area is 312 Å². The number of nitrogens with zero attached hydrogens (tertiary/aromatic N) is 6. The maximum absolute atomic E-state index is 13.6. The van der Waals surface area contributed by atoms with Gasteiger partial charge in [-0.25, -0.2) is 23.7 Å². The Morgan fingerprint density at radius 2 is 1.43 bits per heavy atom. The number of fused-ring (bicyclic) bond motifs is 4. The van der Waals surface area contributed by atoms with Gasteiger partial charge in [0.15, 0.2) is 34.8 Å². The first kappa shape index (κ1) is 40.3. The molecule has 30 heteroatoms. The number of nitrogen functional groups attached to an aromatic ring is 2. The van der Waals surface area contributed by atoms with Crippen molar-refractivity contribution in [1.82, 2.24) is 39.0 Å². The zero-order chi connectivity index (χ0) is 40.2.